The van der Waals surface area contributed by atoms with Gasteiger partial charge in [-0.2, -0.15) is 0 Å². The van der Waals surface area contributed by atoms with Gasteiger partial charge in [0.05, 0.1) is 6.61 Å². The molecule has 1 N–H and O–H groups in total. The molecule has 0 aliphatic carbocycles. The highest BCUT2D eigenvalue weighted by atomic mass is 16.5. The SMILES string of the molecule is CCOc1cccc(C=C(C)CNC(C)(C)C)c1. The van der Waals surface area contributed by atoms with Gasteiger partial charge in [-0.15, -0.1) is 0 Å². The molecule has 0 aliphatic rings. The maximum atomic E-state index is 5.50. The van der Waals surface area contributed by atoms with Crippen LogP contribution >= 0.6 is 0 Å². The molecule has 1 aromatic carbocycles. The largest absolute Gasteiger partial charge is 0.494 e. The molecule has 2 nitrogen and oxygen atoms in total. The summed E-state index contributed by atoms with van der Waals surface area (Å²) in [5.41, 5.74) is 2.66. The smallest absolute Gasteiger partial charge is 0.119 e. The predicted molar refractivity (Wildman–Crippen MR) is 79.0 cm³/mol. The van der Waals surface area contributed by atoms with E-state index in [1.165, 1.54) is 11.1 Å². The number of hydrogen-bond acceptors (Lipinski definition) is 2. The summed E-state index contributed by atoms with van der Waals surface area (Å²) in [4.78, 5) is 0. The van der Waals surface area contributed by atoms with Crippen molar-refractivity contribution in [3.05, 3.63) is 35.4 Å². The molecule has 0 saturated carbocycles. The van der Waals surface area contributed by atoms with E-state index in [0.29, 0.717) is 6.61 Å². The third kappa shape index (κ3) is 5.87. The molecule has 18 heavy (non-hydrogen) atoms. The minimum Gasteiger partial charge on any atom is -0.494 e. The second-order valence-corrected chi connectivity index (χ2v) is 5.60. The van der Waals surface area contributed by atoms with Gasteiger partial charge in [-0.3, -0.25) is 0 Å². The van der Waals surface area contributed by atoms with Crippen molar-refractivity contribution >= 4 is 6.08 Å². The van der Waals surface area contributed by atoms with Gasteiger partial charge in [0.25, 0.3) is 0 Å². The number of nitrogens with one attached hydrogen (secondary N) is 1. The van der Waals surface area contributed by atoms with Gasteiger partial charge in [-0.1, -0.05) is 23.8 Å². The van der Waals surface area contributed by atoms with E-state index in [-0.39, 0.29) is 5.54 Å². The highest BCUT2D eigenvalue weighted by Crippen LogP contribution is 2.15. The Balaban J connectivity index is 2.66. The van der Waals surface area contributed by atoms with Crippen molar-refractivity contribution in [3.63, 3.8) is 0 Å². The molecule has 0 bridgehead atoms. The van der Waals surface area contributed by atoms with Crippen LogP contribution in [0, 0.1) is 0 Å². The normalized spacial score (nSPS) is 12.6. The molecule has 0 saturated heterocycles. The van der Waals surface area contributed by atoms with Crippen LogP contribution in [0.3, 0.4) is 0 Å². The molecular formula is C16H25NO. The third-order valence-electron chi connectivity index (χ3n) is 2.48. The molecule has 0 radical (unpaired) electrons. The monoisotopic (exact) mass is 247 g/mol. The zero-order valence-electron chi connectivity index (χ0n) is 12.2. The van der Waals surface area contributed by atoms with Crippen molar-refractivity contribution in [1.29, 1.82) is 0 Å². The van der Waals surface area contributed by atoms with Gasteiger partial charge in [-0.25, -0.2) is 0 Å². The molecule has 0 heterocycles. The van der Waals surface area contributed by atoms with Crippen LogP contribution in [-0.4, -0.2) is 18.7 Å². The molecule has 2 heteroatoms. The molecular weight excluding hydrogens is 222 g/mol. The standard InChI is InChI=1S/C16H25NO/c1-6-18-15-9-7-8-14(11-15)10-13(2)12-17-16(3,4)5/h7-11,17H,6,12H2,1-5H3. The van der Waals surface area contributed by atoms with Crippen molar-refractivity contribution in [2.24, 2.45) is 0 Å². The van der Waals surface area contributed by atoms with Crippen LogP contribution < -0.4 is 10.1 Å². The lowest BCUT2D eigenvalue weighted by Gasteiger charge is -2.20. The minimum absolute atomic E-state index is 0.155. The van der Waals surface area contributed by atoms with Crippen LogP contribution in [0.5, 0.6) is 5.75 Å². The molecule has 1 rings (SSSR count). The summed E-state index contributed by atoms with van der Waals surface area (Å²) in [7, 11) is 0. The fourth-order valence-electron chi connectivity index (χ4n) is 1.60. The number of hydrogen-bond donors (Lipinski definition) is 1. The third-order valence-corrected chi connectivity index (χ3v) is 2.48. The van der Waals surface area contributed by atoms with E-state index in [2.05, 4.69) is 51.2 Å². The van der Waals surface area contributed by atoms with Crippen LogP contribution in [0.2, 0.25) is 0 Å². The average molecular weight is 247 g/mol. The highest BCUT2D eigenvalue weighted by Gasteiger charge is 2.07. The molecule has 0 unspecified atom stereocenters. The minimum atomic E-state index is 0.155. The molecule has 0 atom stereocenters. The van der Waals surface area contributed by atoms with Crippen LogP contribution in [0.25, 0.3) is 6.08 Å². The first kappa shape index (κ1) is 14.8. The van der Waals surface area contributed by atoms with E-state index in [9.17, 15) is 0 Å². The van der Waals surface area contributed by atoms with Crippen molar-refractivity contribution in [3.8, 4) is 5.75 Å². The van der Waals surface area contributed by atoms with E-state index in [1.807, 2.05) is 19.1 Å². The Hall–Kier alpha value is -1.28. The summed E-state index contributed by atoms with van der Waals surface area (Å²) in [6.07, 6.45) is 2.20. The summed E-state index contributed by atoms with van der Waals surface area (Å²) in [6.45, 7) is 12.3. The molecule has 1 aromatic rings. The fraction of sp³-hybridized carbons (Fsp3) is 0.500. The van der Waals surface area contributed by atoms with Crippen LogP contribution in [0.4, 0.5) is 0 Å². The van der Waals surface area contributed by atoms with Crippen LogP contribution in [0.15, 0.2) is 29.8 Å². The van der Waals surface area contributed by atoms with Gasteiger partial charge < -0.3 is 10.1 Å². The summed E-state index contributed by atoms with van der Waals surface area (Å²) in [5, 5.41) is 3.48. The Labute approximate surface area is 111 Å². The molecule has 0 fully saturated rings. The second-order valence-electron chi connectivity index (χ2n) is 5.60. The first-order chi connectivity index (χ1) is 8.40. The Morgan fingerprint density at radius 1 is 1.33 bits per heavy atom. The topological polar surface area (TPSA) is 21.3 Å². The van der Waals surface area contributed by atoms with Crippen LogP contribution in [-0.2, 0) is 0 Å². The highest BCUT2D eigenvalue weighted by molar-refractivity contribution is 5.54. The quantitative estimate of drug-likeness (QED) is 0.852. The van der Waals surface area contributed by atoms with E-state index >= 15 is 0 Å². The van der Waals surface area contributed by atoms with E-state index in [4.69, 9.17) is 4.74 Å². The van der Waals surface area contributed by atoms with E-state index in [0.717, 1.165) is 12.3 Å². The summed E-state index contributed by atoms with van der Waals surface area (Å²) in [6, 6.07) is 8.19. The van der Waals surface area contributed by atoms with E-state index in [1.54, 1.807) is 0 Å². The number of benzene rings is 1. The zero-order valence-corrected chi connectivity index (χ0v) is 12.2. The number of ether oxygens (including phenoxy) is 1. The van der Waals surface area contributed by atoms with Gasteiger partial charge in [0.1, 0.15) is 5.75 Å². The first-order valence-corrected chi connectivity index (χ1v) is 6.56. The van der Waals surface area contributed by atoms with Gasteiger partial charge in [0.2, 0.25) is 0 Å². The summed E-state index contributed by atoms with van der Waals surface area (Å²) < 4.78 is 5.50. The lowest BCUT2D eigenvalue weighted by atomic mass is 10.1. The van der Waals surface area contributed by atoms with Crippen molar-refractivity contribution in [2.45, 2.75) is 40.2 Å². The molecule has 100 valence electrons. The van der Waals surface area contributed by atoms with Gasteiger partial charge in [0, 0.05) is 12.1 Å². The van der Waals surface area contributed by atoms with Gasteiger partial charge in [0.15, 0.2) is 0 Å². The van der Waals surface area contributed by atoms with Gasteiger partial charge >= 0.3 is 0 Å². The maximum absolute atomic E-state index is 5.50. The summed E-state index contributed by atoms with van der Waals surface area (Å²) >= 11 is 0. The molecule has 0 spiro atoms. The fourth-order valence-corrected chi connectivity index (χ4v) is 1.60. The van der Waals surface area contributed by atoms with Crippen molar-refractivity contribution < 1.29 is 4.74 Å². The second kappa shape index (κ2) is 6.60. The maximum Gasteiger partial charge on any atom is 0.119 e. The first-order valence-electron chi connectivity index (χ1n) is 6.56. The average Bonchev–Trinajstić information content (AvgIpc) is 2.26. The Morgan fingerprint density at radius 3 is 2.67 bits per heavy atom. The summed E-state index contributed by atoms with van der Waals surface area (Å²) in [5.74, 6) is 0.933. The lowest BCUT2D eigenvalue weighted by Crippen LogP contribution is -2.36. The molecule has 0 amide bonds. The Morgan fingerprint density at radius 2 is 2.06 bits per heavy atom. The molecule has 0 aromatic heterocycles. The Bertz CT molecular complexity index is 402. The van der Waals surface area contributed by atoms with Crippen molar-refractivity contribution in [1.82, 2.24) is 5.32 Å². The van der Waals surface area contributed by atoms with Crippen molar-refractivity contribution in [2.75, 3.05) is 13.2 Å². The van der Waals surface area contributed by atoms with Crippen LogP contribution in [0.1, 0.15) is 40.2 Å². The van der Waals surface area contributed by atoms with E-state index < -0.39 is 0 Å². The lowest BCUT2D eigenvalue weighted by molar-refractivity contribution is 0.340. The number of rotatable bonds is 5. The predicted octanol–water partition coefficient (Wildman–Crippen LogP) is 3.88. The van der Waals surface area contributed by atoms with Gasteiger partial charge in [-0.05, 0) is 52.3 Å². The molecule has 0 aliphatic heterocycles. The zero-order chi connectivity index (χ0) is 13.6. The Kier molecular flexibility index (Phi) is 5.42.